The molecule has 1 saturated carbocycles. The molecule has 0 aliphatic heterocycles. The van der Waals surface area contributed by atoms with Gasteiger partial charge in [0.2, 0.25) is 0 Å². The maximum absolute atomic E-state index is 6.27. The van der Waals surface area contributed by atoms with Crippen molar-refractivity contribution in [3.05, 3.63) is 38.6 Å². The number of nitrogens with two attached hydrogens (primary N) is 1. The van der Waals surface area contributed by atoms with Crippen molar-refractivity contribution < 1.29 is 0 Å². The average molecular weight is 299 g/mol. The Labute approximate surface area is 120 Å². The molecule has 1 aliphatic carbocycles. The van der Waals surface area contributed by atoms with E-state index in [1.54, 1.807) is 17.4 Å². The van der Waals surface area contributed by atoms with Gasteiger partial charge in [0.15, 0.2) is 0 Å². The summed E-state index contributed by atoms with van der Waals surface area (Å²) in [4.78, 5) is 4.63. The van der Waals surface area contributed by atoms with E-state index in [4.69, 9.17) is 28.9 Å². The fraction of sp³-hybridized carbons (Fsp3) is 0.308. The zero-order valence-electron chi connectivity index (χ0n) is 9.62. The Kier molecular flexibility index (Phi) is 3.10. The normalized spacial score (nSPS) is 17.5. The number of aromatic nitrogens is 1. The highest BCUT2D eigenvalue weighted by atomic mass is 35.5. The molecule has 1 aliphatic rings. The Morgan fingerprint density at radius 1 is 1.28 bits per heavy atom. The molecule has 2 nitrogen and oxygen atoms in total. The second-order valence-electron chi connectivity index (χ2n) is 4.65. The van der Waals surface area contributed by atoms with Gasteiger partial charge in [0.1, 0.15) is 5.01 Å². The van der Waals surface area contributed by atoms with Gasteiger partial charge >= 0.3 is 0 Å². The zero-order valence-corrected chi connectivity index (χ0v) is 11.9. The minimum Gasteiger partial charge on any atom is -0.319 e. The van der Waals surface area contributed by atoms with Gasteiger partial charge in [-0.1, -0.05) is 35.3 Å². The quantitative estimate of drug-likeness (QED) is 0.889. The van der Waals surface area contributed by atoms with E-state index >= 15 is 0 Å². The van der Waals surface area contributed by atoms with Gasteiger partial charge in [-0.2, -0.15) is 0 Å². The van der Waals surface area contributed by atoms with E-state index < -0.39 is 0 Å². The minimum atomic E-state index is -0.214. The summed E-state index contributed by atoms with van der Waals surface area (Å²) < 4.78 is 0. The molecule has 18 heavy (non-hydrogen) atoms. The van der Waals surface area contributed by atoms with Gasteiger partial charge in [-0.25, -0.2) is 4.98 Å². The van der Waals surface area contributed by atoms with Crippen molar-refractivity contribution in [3.63, 3.8) is 0 Å². The van der Waals surface area contributed by atoms with Crippen molar-refractivity contribution in [2.24, 2.45) is 5.73 Å². The van der Waals surface area contributed by atoms with Crippen LogP contribution in [0.15, 0.2) is 23.6 Å². The van der Waals surface area contributed by atoms with E-state index in [1.165, 1.54) is 6.42 Å². The van der Waals surface area contributed by atoms with Crippen molar-refractivity contribution in [1.82, 2.24) is 4.98 Å². The molecule has 0 bridgehead atoms. The molecule has 1 aromatic heterocycles. The first kappa shape index (κ1) is 12.4. The summed E-state index contributed by atoms with van der Waals surface area (Å²) >= 11 is 13.8. The molecule has 2 aromatic rings. The molecule has 0 unspecified atom stereocenters. The Bertz CT molecular complexity index is 590. The van der Waals surface area contributed by atoms with Crippen molar-refractivity contribution in [2.45, 2.75) is 24.8 Å². The second kappa shape index (κ2) is 4.49. The molecular formula is C13H12Cl2N2S. The average Bonchev–Trinajstić information content (AvgIpc) is 2.79. The molecule has 0 amide bonds. The lowest BCUT2D eigenvalue weighted by Gasteiger charge is -2.35. The third kappa shape index (κ3) is 1.95. The van der Waals surface area contributed by atoms with Crippen LogP contribution in [0.2, 0.25) is 10.0 Å². The van der Waals surface area contributed by atoms with Crippen LogP contribution in [0.5, 0.6) is 0 Å². The van der Waals surface area contributed by atoms with Crippen molar-refractivity contribution in [3.8, 4) is 11.3 Å². The molecular weight excluding hydrogens is 287 g/mol. The predicted molar refractivity (Wildman–Crippen MR) is 77.3 cm³/mol. The first-order chi connectivity index (χ1) is 8.60. The maximum atomic E-state index is 6.27. The van der Waals surface area contributed by atoms with Crippen LogP contribution in [0.4, 0.5) is 0 Å². The smallest absolute Gasteiger partial charge is 0.113 e. The number of nitrogens with zero attached hydrogens (tertiary/aromatic N) is 1. The lowest BCUT2D eigenvalue weighted by atomic mass is 9.78. The summed E-state index contributed by atoms with van der Waals surface area (Å²) in [6, 6.07) is 5.58. The molecule has 1 aromatic carbocycles. The van der Waals surface area contributed by atoms with Gasteiger partial charge in [-0.15, -0.1) is 11.3 Å². The van der Waals surface area contributed by atoms with Crippen LogP contribution in [-0.4, -0.2) is 4.98 Å². The number of hydrogen-bond acceptors (Lipinski definition) is 3. The maximum Gasteiger partial charge on any atom is 0.113 e. The third-order valence-electron chi connectivity index (χ3n) is 3.40. The topological polar surface area (TPSA) is 38.9 Å². The number of hydrogen-bond donors (Lipinski definition) is 1. The standard InChI is InChI=1S/C13H12Cl2N2S/c14-9-4-1-3-8(11(9)15)10-7-18-12(17-10)13(16)5-2-6-13/h1,3-4,7H,2,5-6,16H2. The number of rotatable bonds is 2. The molecule has 0 saturated heterocycles. The van der Waals surface area contributed by atoms with Crippen LogP contribution in [-0.2, 0) is 5.54 Å². The van der Waals surface area contributed by atoms with Gasteiger partial charge in [-0.05, 0) is 25.3 Å². The minimum absolute atomic E-state index is 0.214. The van der Waals surface area contributed by atoms with Crippen LogP contribution in [0.25, 0.3) is 11.3 Å². The largest absolute Gasteiger partial charge is 0.319 e. The first-order valence-corrected chi connectivity index (χ1v) is 7.43. The lowest BCUT2D eigenvalue weighted by Crippen LogP contribution is -2.43. The van der Waals surface area contributed by atoms with E-state index in [0.717, 1.165) is 29.1 Å². The fourth-order valence-corrected chi connectivity index (χ4v) is 3.49. The molecule has 0 spiro atoms. The summed E-state index contributed by atoms with van der Waals surface area (Å²) in [5, 5.41) is 4.10. The highest BCUT2D eigenvalue weighted by Gasteiger charge is 2.37. The fourth-order valence-electron chi connectivity index (χ4n) is 2.10. The summed E-state index contributed by atoms with van der Waals surface area (Å²) in [5.74, 6) is 0. The van der Waals surface area contributed by atoms with Gasteiger partial charge < -0.3 is 5.73 Å². The molecule has 3 rings (SSSR count). The van der Waals surface area contributed by atoms with Crippen LogP contribution >= 0.6 is 34.5 Å². The van der Waals surface area contributed by atoms with Crippen LogP contribution < -0.4 is 5.73 Å². The monoisotopic (exact) mass is 298 g/mol. The van der Waals surface area contributed by atoms with E-state index in [9.17, 15) is 0 Å². The molecule has 1 heterocycles. The molecule has 0 radical (unpaired) electrons. The van der Waals surface area contributed by atoms with Gasteiger partial charge in [0, 0.05) is 10.9 Å². The molecule has 0 atom stereocenters. The van der Waals surface area contributed by atoms with Gasteiger partial charge in [-0.3, -0.25) is 0 Å². The van der Waals surface area contributed by atoms with E-state index in [0.29, 0.717) is 10.0 Å². The summed E-state index contributed by atoms with van der Waals surface area (Å²) in [5.41, 5.74) is 7.79. The van der Waals surface area contributed by atoms with Crippen LogP contribution in [0.1, 0.15) is 24.3 Å². The Morgan fingerprint density at radius 2 is 2.06 bits per heavy atom. The lowest BCUT2D eigenvalue weighted by molar-refractivity contribution is 0.253. The van der Waals surface area contributed by atoms with Crippen LogP contribution in [0.3, 0.4) is 0 Å². The summed E-state index contributed by atoms with van der Waals surface area (Å²) in [7, 11) is 0. The SMILES string of the molecule is NC1(c2nc(-c3cccc(Cl)c3Cl)cs2)CCC1. The third-order valence-corrected chi connectivity index (χ3v) is 5.28. The van der Waals surface area contributed by atoms with Crippen molar-refractivity contribution in [1.29, 1.82) is 0 Å². The van der Waals surface area contributed by atoms with Crippen molar-refractivity contribution in [2.75, 3.05) is 0 Å². The zero-order chi connectivity index (χ0) is 12.8. The Morgan fingerprint density at radius 3 is 2.72 bits per heavy atom. The van der Waals surface area contributed by atoms with Gasteiger partial charge in [0.05, 0.1) is 21.3 Å². The Balaban J connectivity index is 2.00. The second-order valence-corrected chi connectivity index (χ2v) is 6.29. The summed E-state index contributed by atoms with van der Waals surface area (Å²) in [6.07, 6.45) is 3.22. The number of thiazole rings is 1. The highest BCUT2D eigenvalue weighted by Crippen LogP contribution is 2.42. The summed E-state index contributed by atoms with van der Waals surface area (Å²) in [6.45, 7) is 0. The van der Waals surface area contributed by atoms with Gasteiger partial charge in [0.25, 0.3) is 0 Å². The number of halogens is 2. The molecule has 1 fully saturated rings. The number of benzene rings is 1. The molecule has 2 N–H and O–H groups in total. The van der Waals surface area contributed by atoms with E-state index in [-0.39, 0.29) is 5.54 Å². The molecule has 5 heteroatoms. The Hall–Kier alpha value is -0.610. The highest BCUT2D eigenvalue weighted by molar-refractivity contribution is 7.10. The van der Waals surface area contributed by atoms with Crippen LogP contribution in [0, 0.1) is 0 Å². The van der Waals surface area contributed by atoms with E-state index in [1.807, 2.05) is 17.5 Å². The predicted octanol–water partition coefficient (Wildman–Crippen LogP) is 4.45. The first-order valence-electron chi connectivity index (χ1n) is 5.79. The molecule has 94 valence electrons. The van der Waals surface area contributed by atoms with Crippen molar-refractivity contribution >= 4 is 34.5 Å². The van der Waals surface area contributed by atoms with E-state index in [2.05, 4.69) is 4.98 Å².